The van der Waals surface area contributed by atoms with Crippen molar-refractivity contribution in [2.45, 2.75) is 494 Å². The van der Waals surface area contributed by atoms with E-state index in [-0.39, 0.29) is 245 Å². The highest BCUT2D eigenvalue weighted by atomic mass is 16.6. The van der Waals surface area contributed by atoms with Crippen molar-refractivity contribution in [3.8, 4) is 0 Å². The van der Waals surface area contributed by atoms with E-state index in [0.717, 1.165) is 25.9 Å². The summed E-state index contributed by atoms with van der Waals surface area (Å²) in [6.45, 7) is 104. The molecular formula is C118H246N4O21. The van der Waals surface area contributed by atoms with Gasteiger partial charge in [0.2, 0.25) is 17.7 Å². The standard InChI is InChI=1S/C30H60O5.C28H52O6.C20H38O4.C19H39NO4.C14H29N3O2.7CH4/c1-21(2)15-31-17-23-14-24(33-18-28(5,6)7)26(32-16-22(3)4)27(35-20-30(11,12)13)25(23)34-19-29(8,9)10;1-21(2)23(29)11-14-32-18-28(17-26(5,6)7,19-33-15-12-24(30)22(3)4)20-34-16-13-25(31)27(8,9)10;1-15(2)18(21)8-10-23-13-17(12-20(5,6)7)14-24-11-9-19(22)16(3)4;1-14(2)22-11-19(12-23-15(3)4,13-24-16(5)6)20-17(21)10-18(7,8)9;1-10(2)15-12(18)8-17(14(5,6)7)9-13(19)16-11(3)4;;;;;;;/h21-27H,14-20H2,1-13H3;21-22H,11-20H2,1-10H3;15-17H,8-14H2,1-7H3;14-16H,10-13H2,1-9H3,(H,20,21);10-11H,8-9H2,1-7H3,(H,15,18)(H,16,19);7*1H4/t23?,24-,25-,26?,27+;;;;;;;;;;;/m1.........../s1. The van der Waals surface area contributed by atoms with Gasteiger partial charge in [-0.1, -0.05) is 280 Å². The molecule has 0 heterocycles. The highest BCUT2D eigenvalue weighted by Crippen LogP contribution is 2.39. The largest absolute Gasteiger partial charge is 0.381 e. The van der Waals surface area contributed by atoms with Gasteiger partial charge in [-0.15, -0.1) is 0 Å². The summed E-state index contributed by atoms with van der Waals surface area (Å²) in [4.78, 5) is 97.5. The minimum Gasteiger partial charge on any atom is -0.381 e. The lowest BCUT2D eigenvalue weighted by molar-refractivity contribution is -0.237. The highest BCUT2D eigenvalue weighted by molar-refractivity contribution is 5.84. The maximum Gasteiger partial charge on any atom is 0.234 e. The lowest BCUT2D eigenvalue weighted by atomic mass is 9.75. The second-order valence-electron chi connectivity index (χ2n) is 51.4. The van der Waals surface area contributed by atoms with E-state index >= 15 is 0 Å². The Labute approximate surface area is 886 Å². The third-order valence-electron chi connectivity index (χ3n) is 20.9. The van der Waals surface area contributed by atoms with Crippen LogP contribution in [0.4, 0.5) is 0 Å². The Kier molecular flexibility index (Phi) is 90.6. The molecule has 0 saturated heterocycles. The Balaban J connectivity index is -0.000000170. The van der Waals surface area contributed by atoms with Crippen LogP contribution in [0.3, 0.4) is 0 Å². The molecule has 0 bridgehead atoms. The maximum absolute atomic E-state index is 12.5. The van der Waals surface area contributed by atoms with Gasteiger partial charge in [0.25, 0.3) is 0 Å². The Morgan fingerprint density at radius 1 is 0.329 bits per heavy atom. The number of carbonyl (C=O) groups excluding carboxylic acids is 8. The van der Waals surface area contributed by atoms with E-state index in [1.54, 1.807) is 0 Å². The monoisotopic (exact) mass is 2060 g/mol. The van der Waals surface area contributed by atoms with Gasteiger partial charge in [0.05, 0.1) is 156 Å². The van der Waals surface area contributed by atoms with Crippen LogP contribution in [-0.4, -0.2) is 256 Å². The van der Waals surface area contributed by atoms with E-state index in [4.69, 9.17) is 61.6 Å². The maximum atomic E-state index is 12.5. The van der Waals surface area contributed by atoms with Gasteiger partial charge >= 0.3 is 0 Å². The number of rotatable bonds is 61. The van der Waals surface area contributed by atoms with Gasteiger partial charge in [0, 0.05) is 116 Å². The van der Waals surface area contributed by atoms with Crippen LogP contribution < -0.4 is 16.0 Å². The summed E-state index contributed by atoms with van der Waals surface area (Å²) in [5.41, 5.74) is -1.46. The number of nitrogens with one attached hydrogen (secondary N) is 3. The van der Waals surface area contributed by atoms with Crippen LogP contribution in [0.2, 0.25) is 0 Å². The van der Waals surface area contributed by atoms with Crippen LogP contribution in [0.5, 0.6) is 0 Å². The van der Waals surface area contributed by atoms with E-state index in [1.807, 2.05) is 192 Å². The fraction of sp³-hybridized carbons (Fsp3) is 0.932. The normalized spacial score (nSPS) is 15.5. The lowest BCUT2D eigenvalue weighted by Crippen LogP contribution is -2.59. The smallest absolute Gasteiger partial charge is 0.234 e. The number of hydrogen-bond donors (Lipinski definition) is 3. The van der Waals surface area contributed by atoms with Gasteiger partial charge < -0.3 is 77.5 Å². The molecule has 1 rings (SSSR count). The molecule has 864 valence electrons. The molecule has 1 aliphatic rings. The van der Waals surface area contributed by atoms with Gasteiger partial charge in [0.15, 0.2) is 0 Å². The summed E-state index contributed by atoms with van der Waals surface area (Å²) < 4.78 is 79.7. The third kappa shape index (κ3) is 92.8. The number of hydrogen-bond acceptors (Lipinski definition) is 22. The predicted octanol–water partition coefficient (Wildman–Crippen LogP) is 26.2. The fourth-order valence-electron chi connectivity index (χ4n) is 13.8. The lowest BCUT2D eigenvalue weighted by Gasteiger charge is -2.47. The van der Waals surface area contributed by atoms with E-state index < -0.39 is 11.0 Å². The second-order valence-corrected chi connectivity index (χ2v) is 51.4. The summed E-state index contributed by atoms with van der Waals surface area (Å²) in [5.74, 6) is 2.43. The van der Waals surface area contributed by atoms with Crippen molar-refractivity contribution in [3.63, 3.8) is 0 Å². The molecule has 25 nitrogen and oxygen atoms in total. The van der Waals surface area contributed by atoms with Gasteiger partial charge in [0.1, 0.15) is 46.7 Å². The zero-order valence-corrected chi connectivity index (χ0v) is 96.5. The van der Waals surface area contributed by atoms with E-state index in [2.05, 4.69) is 148 Å². The zero-order valence-electron chi connectivity index (χ0n) is 96.5. The summed E-state index contributed by atoms with van der Waals surface area (Å²) in [6.07, 6.45) is 4.82. The van der Waals surface area contributed by atoms with Crippen LogP contribution in [0, 0.1) is 90.7 Å². The van der Waals surface area contributed by atoms with Crippen LogP contribution in [0.15, 0.2) is 0 Å². The van der Waals surface area contributed by atoms with Crippen molar-refractivity contribution in [2.24, 2.45) is 90.7 Å². The van der Waals surface area contributed by atoms with Crippen molar-refractivity contribution < 1.29 is 99.9 Å². The third-order valence-corrected chi connectivity index (χ3v) is 20.9. The molecule has 3 N–H and O–H groups in total. The van der Waals surface area contributed by atoms with Crippen LogP contribution in [-0.2, 0) is 99.9 Å². The molecule has 0 radical (unpaired) electrons. The molecule has 0 spiro atoms. The first-order valence-electron chi connectivity index (χ1n) is 51.8. The van der Waals surface area contributed by atoms with Gasteiger partial charge in [-0.25, -0.2) is 0 Å². The minimum atomic E-state index is -0.679. The fourth-order valence-corrected chi connectivity index (χ4v) is 13.8. The van der Waals surface area contributed by atoms with Crippen molar-refractivity contribution in [1.29, 1.82) is 0 Å². The number of nitrogens with zero attached hydrogens (tertiary/aromatic N) is 1. The zero-order chi connectivity index (χ0) is 107. The topological polar surface area (TPSA) is 296 Å². The number of ketones is 5. The second kappa shape index (κ2) is 80.1. The minimum absolute atomic E-state index is 0. The molecule has 5 atom stereocenters. The first kappa shape index (κ1) is 162. The van der Waals surface area contributed by atoms with E-state index in [1.165, 1.54) is 0 Å². The van der Waals surface area contributed by atoms with Crippen molar-refractivity contribution in [3.05, 3.63) is 0 Å². The molecule has 25 heteroatoms. The molecule has 1 aliphatic carbocycles. The molecule has 1 fully saturated rings. The number of ether oxygens (including phenoxy) is 13. The van der Waals surface area contributed by atoms with Crippen LogP contribution in [0.1, 0.15) is 428 Å². The molecule has 0 aromatic rings. The average molecular weight is 2060 g/mol. The Morgan fingerprint density at radius 2 is 0.657 bits per heavy atom. The van der Waals surface area contributed by atoms with E-state index in [9.17, 15) is 38.4 Å². The predicted molar refractivity (Wildman–Crippen MR) is 604 cm³/mol. The summed E-state index contributed by atoms with van der Waals surface area (Å²) in [5, 5.41) is 8.83. The van der Waals surface area contributed by atoms with Crippen LogP contribution >= 0.6 is 0 Å². The summed E-state index contributed by atoms with van der Waals surface area (Å²) >= 11 is 0. The van der Waals surface area contributed by atoms with E-state index in [0.29, 0.717) is 169 Å². The van der Waals surface area contributed by atoms with Gasteiger partial charge in [-0.05, 0) is 154 Å². The number of carbonyl (C=O) groups is 8. The molecule has 2 unspecified atom stereocenters. The summed E-state index contributed by atoms with van der Waals surface area (Å²) in [6, 6.07) is 0.220. The molecule has 0 aromatic heterocycles. The SMILES string of the molecule is C.C.C.C.C.C.C.CC(C)C(=O)CCOCC(COCCC(=O)C(C)C)(COCCC(=O)C(C)(C)C)CC(C)(C)C.CC(C)C(=O)CCOCC(COCCC(=O)C(C)C)CC(C)(C)C.CC(C)COCC1C[C@@H](OCC(C)(C)C)C(OCC(C)C)[C@@H](OCC(C)(C)C)[C@@H]1OCC(C)(C)C.CC(C)NC(=O)CN(CC(=O)NC(C)C)C(C)(C)C.CC(C)OCC(COC(C)C)(COC(C)C)NC(=O)CC(C)(C)C. The Morgan fingerprint density at radius 3 is 0.944 bits per heavy atom. The molecule has 0 aromatic carbocycles. The van der Waals surface area contributed by atoms with Crippen molar-refractivity contribution in [2.75, 3.05) is 139 Å². The number of amides is 3. The molecule has 143 heavy (non-hydrogen) atoms. The van der Waals surface area contributed by atoms with Crippen molar-refractivity contribution >= 4 is 46.6 Å². The molecule has 1 saturated carbocycles. The Bertz CT molecular complexity index is 3070. The number of Topliss-reactive ketones (excluding diaryl/α,β-unsaturated/α-hetero) is 5. The van der Waals surface area contributed by atoms with Crippen molar-refractivity contribution in [1.82, 2.24) is 20.9 Å². The summed E-state index contributed by atoms with van der Waals surface area (Å²) in [7, 11) is 0. The first-order chi connectivity index (χ1) is 61.8. The van der Waals surface area contributed by atoms with Crippen LogP contribution in [0.25, 0.3) is 0 Å². The van der Waals surface area contributed by atoms with Gasteiger partial charge in [-0.3, -0.25) is 43.3 Å². The molecule has 3 amide bonds. The highest BCUT2D eigenvalue weighted by Gasteiger charge is 2.49. The Hall–Kier alpha value is -3.80. The molecular weight excluding hydrogens is 1810 g/mol. The van der Waals surface area contributed by atoms with Gasteiger partial charge in [-0.2, -0.15) is 0 Å². The first-order valence-corrected chi connectivity index (χ1v) is 51.8. The average Bonchev–Trinajstić information content (AvgIpc) is 0.783. The quantitative estimate of drug-likeness (QED) is 0.0477. The molecule has 0 aliphatic heterocycles.